The summed E-state index contributed by atoms with van der Waals surface area (Å²) in [5.41, 5.74) is 3.23. The highest BCUT2D eigenvalue weighted by molar-refractivity contribution is 6.36. The van der Waals surface area contributed by atoms with E-state index in [0.29, 0.717) is 21.8 Å². The van der Waals surface area contributed by atoms with Gasteiger partial charge >= 0.3 is 0 Å². The molecule has 0 saturated heterocycles. The van der Waals surface area contributed by atoms with E-state index in [1.165, 1.54) is 24.3 Å². The zero-order valence-electron chi connectivity index (χ0n) is 16.2. The van der Waals surface area contributed by atoms with Crippen LogP contribution < -0.4 is 5.32 Å². The third-order valence-electron chi connectivity index (χ3n) is 4.91. The maximum atomic E-state index is 13.4. The number of imide groups is 1. The lowest BCUT2D eigenvalue weighted by Gasteiger charge is -2.16. The molecule has 1 aliphatic rings. The van der Waals surface area contributed by atoms with Crippen molar-refractivity contribution in [2.45, 2.75) is 13.5 Å². The predicted octanol–water partition coefficient (Wildman–Crippen LogP) is 5.18. The number of carbonyl (C=O) groups is 2. The Morgan fingerprint density at radius 3 is 2.23 bits per heavy atom. The van der Waals surface area contributed by atoms with E-state index >= 15 is 0 Å². The molecule has 4 nitrogen and oxygen atoms in total. The molecule has 3 aromatic rings. The maximum absolute atomic E-state index is 13.4. The molecule has 0 bridgehead atoms. The van der Waals surface area contributed by atoms with Crippen LogP contribution in [0.3, 0.4) is 0 Å². The molecule has 0 fully saturated rings. The zero-order chi connectivity index (χ0) is 21.3. The molecule has 4 rings (SSSR count). The van der Waals surface area contributed by atoms with Gasteiger partial charge in [0.05, 0.1) is 12.1 Å². The molecule has 0 spiro atoms. The summed E-state index contributed by atoms with van der Waals surface area (Å²) in [5.74, 6) is -1.34. The van der Waals surface area contributed by atoms with E-state index in [1.807, 2.05) is 31.2 Å². The van der Waals surface area contributed by atoms with Crippen LogP contribution in [0.5, 0.6) is 0 Å². The fourth-order valence-electron chi connectivity index (χ4n) is 3.30. The molecule has 0 radical (unpaired) electrons. The highest BCUT2D eigenvalue weighted by Crippen LogP contribution is 2.32. The SMILES string of the molecule is Cc1ccc(NC2=C(c3ccc(F)cc3)C(=O)N(Cc3ccccc3Cl)C2=O)cc1. The molecule has 1 N–H and O–H groups in total. The number of nitrogens with zero attached hydrogens (tertiary/aromatic N) is 1. The Morgan fingerprint density at radius 1 is 0.900 bits per heavy atom. The first kappa shape index (κ1) is 19.9. The topological polar surface area (TPSA) is 49.4 Å². The van der Waals surface area contributed by atoms with Gasteiger partial charge in [-0.05, 0) is 48.4 Å². The Kier molecular flexibility index (Phi) is 5.38. The van der Waals surface area contributed by atoms with Gasteiger partial charge in [-0.25, -0.2) is 4.39 Å². The quantitative estimate of drug-likeness (QED) is 0.578. The first-order chi connectivity index (χ1) is 14.4. The minimum absolute atomic E-state index is 0.0428. The predicted molar refractivity (Wildman–Crippen MR) is 115 cm³/mol. The number of benzene rings is 3. The van der Waals surface area contributed by atoms with Gasteiger partial charge in [0.2, 0.25) is 0 Å². The number of aryl methyl sites for hydroxylation is 1. The number of amides is 2. The third kappa shape index (κ3) is 3.84. The van der Waals surface area contributed by atoms with Crippen molar-refractivity contribution < 1.29 is 14.0 Å². The van der Waals surface area contributed by atoms with Crippen LogP contribution in [0.4, 0.5) is 10.1 Å². The van der Waals surface area contributed by atoms with Gasteiger partial charge in [-0.2, -0.15) is 0 Å². The summed E-state index contributed by atoms with van der Waals surface area (Å²) in [7, 11) is 0. The van der Waals surface area contributed by atoms with Crippen molar-refractivity contribution in [1.82, 2.24) is 4.90 Å². The summed E-state index contributed by atoms with van der Waals surface area (Å²) < 4.78 is 13.4. The average Bonchev–Trinajstić information content (AvgIpc) is 2.96. The summed E-state index contributed by atoms with van der Waals surface area (Å²) in [6.07, 6.45) is 0. The van der Waals surface area contributed by atoms with Crippen LogP contribution in [0.1, 0.15) is 16.7 Å². The number of carbonyl (C=O) groups excluding carboxylic acids is 2. The molecule has 0 aromatic heterocycles. The lowest BCUT2D eigenvalue weighted by Crippen LogP contribution is -2.32. The number of nitrogens with one attached hydrogen (secondary N) is 1. The molecular formula is C24H18ClFN2O2. The Labute approximate surface area is 178 Å². The molecule has 6 heteroatoms. The smallest absolute Gasteiger partial charge is 0.278 e. The van der Waals surface area contributed by atoms with Crippen molar-refractivity contribution in [3.05, 3.63) is 106 Å². The lowest BCUT2D eigenvalue weighted by atomic mass is 10.0. The average molecular weight is 421 g/mol. The van der Waals surface area contributed by atoms with E-state index in [9.17, 15) is 14.0 Å². The van der Waals surface area contributed by atoms with Crippen LogP contribution in [-0.4, -0.2) is 16.7 Å². The molecule has 0 atom stereocenters. The van der Waals surface area contributed by atoms with Crippen molar-refractivity contribution in [3.63, 3.8) is 0 Å². The molecular weight excluding hydrogens is 403 g/mol. The summed E-state index contributed by atoms with van der Waals surface area (Å²) in [4.78, 5) is 27.6. The standard InChI is InChI=1S/C24H18ClFN2O2/c1-15-6-12-19(13-7-15)27-22-21(16-8-10-18(26)11-9-16)23(29)28(24(22)30)14-17-4-2-3-5-20(17)25/h2-13,27H,14H2,1H3. The van der Waals surface area contributed by atoms with E-state index in [4.69, 9.17) is 11.6 Å². The molecule has 0 saturated carbocycles. The highest BCUT2D eigenvalue weighted by Gasteiger charge is 2.39. The van der Waals surface area contributed by atoms with Gasteiger partial charge in [-0.1, -0.05) is 59.6 Å². The van der Waals surface area contributed by atoms with E-state index in [0.717, 1.165) is 10.5 Å². The number of anilines is 1. The Bertz CT molecular complexity index is 1150. The minimum Gasteiger partial charge on any atom is -0.350 e. The van der Waals surface area contributed by atoms with Crippen LogP contribution in [0.15, 0.2) is 78.5 Å². The van der Waals surface area contributed by atoms with Gasteiger partial charge in [0.15, 0.2) is 0 Å². The lowest BCUT2D eigenvalue weighted by molar-refractivity contribution is -0.137. The number of hydrogen-bond acceptors (Lipinski definition) is 3. The molecule has 30 heavy (non-hydrogen) atoms. The van der Waals surface area contributed by atoms with Crippen molar-refractivity contribution in [1.29, 1.82) is 0 Å². The van der Waals surface area contributed by atoms with Gasteiger partial charge in [-0.3, -0.25) is 14.5 Å². The van der Waals surface area contributed by atoms with Crippen LogP contribution in [0, 0.1) is 12.7 Å². The zero-order valence-corrected chi connectivity index (χ0v) is 16.9. The van der Waals surface area contributed by atoms with Crippen LogP contribution in [0.25, 0.3) is 5.57 Å². The van der Waals surface area contributed by atoms with Gasteiger partial charge < -0.3 is 5.32 Å². The van der Waals surface area contributed by atoms with Crippen LogP contribution >= 0.6 is 11.6 Å². The van der Waals surface area contributed by atoms with Crippen molar-refractivity contribution in [2.75, 3.05) is 5.32 Å². The minimum atomic E-state index is -0.459. The molecule has 3 aromatic carbocycles. The molecule has 1 aliphatic heterocycles. The van der Waals surface area contributed by atoms with E-state index in [1.54, 1.807) is 24.3 Å². The molecule has 2 amide bonds. The fourth-order valence-corrected chi connectivity index (χ4v) is 3.49. The fraction of sp³-hybridized carbons (Fsp3) is 0.0833. The molecule has 1 heterocycles. The largest absolute Gasteiger partial charge is 0.350 e. The second-order valence-corrected chi connectivity index (χ2v) is 7.44. The second kappa shape index (κ2) is 8.13. The number of hydrogen-bond donors (Lipinski definition) is 1. The Hall–Kier alpha value is -3.44. The van der Waals surface area contributed by atoms with Crippen LogP contribution in [0.2, 0.25) is 5.02 Å². The first-order valence-electron chi connectivity index (χ1n) is 9.37. The maximum Gasteiger partial charge on any atom is 0.278 e. The summed E-state index contributed by atoms with van der Waals surface area (Å²) >= 11 is 6.23. The van der Waals surface area contributed by atoms with E-state index < -0.39 is 17.6 Å². The number of rotatable bonds is 5. The second-order valence-electron chi connectivity index (χ2n) is 7.04. The summed E-state index contributed by atoms with van der Waals surface area (Å²) in [6, 6.07) is 20.0. The van der Waals surface area contributed by atoms with Crippen LogP contribution in [-0.2, 0) is 16.1 Å². The van der Waals surface area contributed by atoms with Gasteiger partial charge in [0, 0.05) is 10.7 Å². The molecule has 150 valence electrons. The summed E-state index contributed by atoms with van der Waals surface area (Å²) in [6.45, 7) is 2.00. The normalized spacial score (nSPS) is 13.9. The van der Waals surface area contributed by atoms with Crippen molar-refractivity contribution >= 4 is 34.7 Å². The number of halogens is 2. The Morgan fingerprint density at radius 2 is 1.57 bits per heavy atom. The van der Waals surface area contributed by atoms with Gasteiger partial charge in [0.1, 0.15) is 11.5 Å². The third-order valence-corrected chi connectivity index (χ3v) is 5.28. The molecule has 0 aliphatic carbocycles. The van der Waals surface area contributed by atoms with Crippen molar-refractivity contribution in [2.24, 2.45) is 0 Å². The highest BCUT2D eigenvalue weighted by atomic mass is 35.5. The monoisotopic (exact) mass is 420 g/mol. The summed E-state index contributed by atoms with van der Waals surface area (Å²) in [5, 5.41) is 3.56. The first-order valence-corrected chi connectivity index (χ1v) is 9.75. The van der Waals surface area contributed by atoms with Gasteiger partial charge in [-0.15, -0.1) is 0 Å². The van der Waals surface area contributed by atoms with Gasteiger partial charge in [0.25, 0.3) is 11.8 Å². The van der Waals surface area contributed by atoms with Crippen molar-refractivity contribution in [3.8, 4) is 0 Å². The van der Waals surface area contributed by atoms with E-state index in [-0.39, 0.29) is 17.8 Å². The van der Waals surface area contributed by atoms with E-state index in [2.05, 4.69) is 5.32 Å². The molecule has 0 unspecified atom stereocenters. The Balaban J connectivity index is 1.74.